The van der Waals surface area contributed by atoms with Crippen molar-refractivity contribution in [1.82, 2.24) is 15.0 Å². The van der Waals surface area contributed by atoms with Gasteiger partial charge in [0.15, 0.2) is 11.8 Å². The lowest BCUT2D eigenvalue weighted by molar-refractivity contribution is -0.122. The second-order valence-electron chi connectivity index (χ2n) is 7.49. The quantitative estimate of drug-likeness (QED) is 0.456. The number of nitrogens with zero attached hydrogens (tertiary/aromatic N) is 2. The van der Waals surface area contributed by atoms with E-state index in [1.54, 1.807) is 6.07 Å². The molecule has 5 rings (SSSR count). The van der Waals surface area contributed by atoms with Crippen molar-refractivity contribution < 1.29 is 34.0 Å². The maximum Gasteiger partial charge on any atom is 0.296 e. The molecule has 32 heavy (non-hydrogen) atoms. The van der Waals surface area contributed by atoms with E-state index in [-0.39, 0.29) is 37.5 Å². The molecule has 3 N–H and O–H groups in total. The Hall–Kier alpha value is -2.58. The maximum absolute atomic E-state index is 9.83. The number of nitrogens with one attached hydrogen (secondary N) is 1. The smallest absolute Gasteiger partial charge is 0.296 e. The standard InChI is InChI=1S/C18H22ClN3O5.C2H2.CH2O2/c19-10-6-11-16(21-17(10)26-9-4-2-1-3-5-9)22-18(20-11)27-13-8-25-14-12(23)7-24-15(13)14;1-2;2-1-3/h6,9,12-15,23H,1-5,7-8H2,(H,20,21,22);1-2H;1H,(H,2,3)/t12-,13-,14-,15-;;/m1../s1. The Kier molecular flexibility index (Phi) is 8.53. The van der Waals surface area contributed by atoms with Gasteiger partial charge >= 0.3 is 0 Å². The molecule has 0 spiro atoms. The molecule has 2 aromatic rings. The fraction of sp³-hybridized carbons (Fsp3) is 0.571. The van der Waals surface area contributed by atoms with Gasteiger partial charge in [-0.05, 0) is 31.7 Å². The molecule has 3 aliphatic rings. The molecule has 0 radical (unpaired) electrons. The predicted octanol–water partition coefficient (Wildman–Crippen LogP) is 2.18. The number of fused-ring (bicyclic) bond motifs is 2. The monoisotopic (exact) mass is 467 g/mol. The topological polar surface area (TPSA) is 136 Å². The minimum Gasteiger partial charge on any atom is -0.483 e. The number of rotatable bonds is 4. The molecule has 2 aliphatic heterocycles. The SMILES string of the molecule is C#C.O=CO.O[C@@H]1CO[C@H]2[C@@H]1OC[C@H]2Oc1nc2nc(OC3CCCCC3)c(Cl)cc2[nH]1. The number of imidazole rings is 1. The van der Waals surface area contributed by atoms with Crippen LogP contribution >= 0.6 is 11.6 Å². The number of aromatic nitrogens is 3. The zero-order valence-corrected chi connectivity index (χ0v) is 18.1. The van der Waals surface area contributed by atoms with Gasteiger partial charge in [0, 0.05) is 0 Å². The predicted molar refractivity (Wildman–Crippen MR) is 115 cm³/mol. The molecule has 174 valence electrons. The molecule has 1 saturated carbocycles. The summed E-state index contributed by atoms with van der Waals surface area (Å²) in [6.07, 6.45) is 12.2. The minimum atomic E-state index is -0.612. The molecule has 4 heterocycles. The Balaban J connectivity index is 0.000000536. The normalized spacial score (nSPS) is 26.9. The number of terminal acetylenes is 1. The van der Waals surface area contributed by atoms with Crippen molar-refractivity contribution in [2.75, 3.05) is 13.2 Å². The van der Waals surface area contributed by atoms with Crippen molar-refractivity contribution in [3.63, 3.8) is 0 Å². The number of pyridine rings is 1. The van der Waals surface area contributed by atoms with E-state index in [1.807, 2.05) is 0 Å². The zero-order chi connectivity index (χ0) is 23.1. The molecule has 11 heteroatoms. The summed E-state index contributed by atoms with van der Waals surface area (Å²) >= 11 is 6.35. The van der Waals surface area contributed by atoms with Crippen LogP contribution in [0.15, 0.2) is 6.07 Å². The van der Waals surface area contributed by atoms with Gasteiger partial charge in [0.05, 0.1) is 18.7 Å². The highest BCUT2D eigenvalue weighted by molar-refractivity contribution is 6.32. The number of ether oxygens (including phenoxy) is 4. The number of halogens is 1. The van der Waals surface area contributed by atoms with E-state index in [0.29, 0.717) is 34.7 Å². The van der Waals surface area contributed by atoms with Crippen LogP contribution in [0.2, 0.25) is 5.02 Å². The fourth-order valence-electron chi connectivity index (χ4n) is 4.05. The molecule has 2 aromatic heterocycles. The number of aliphatic hydroxyl groups excluding tert-OH is 1. The average molecular weight is 468 g/mol. The number of carboxylic acid groups (broad SMARTS) is 1. The van der Waals surface area contributed by atoms with Crippen LogP contribution in [0.1, 0.15) is 32.1 Å². The van der Waals surface area contributed by atoms with Crippen LogP contribution in [0.4, 0.5) is 0 Å². The van der Waals surface area contributed by atoms with Gasteiger partial charge in [0.2, 0.25) is 5.88 Å². The van der Waals surface area contributed by atoms with Crippen LogP contribution in [-0.4, -0.2) is 75.4 Å². The van der Waals surface area contributed by atoms with Gasteiger partial charge < -0.3 is 34.1 Å². The number of hydrogen-bond acceptors (Lipinski definition) is 8. The molecule has 3 fully saturated rings. The molecule has 10 nitrogen and oxygen atoms in total. The Bertz CT molecular complexity index is 915. The van der Waals surface area contributed by atoms with Crippen molar-refractivity contribution >= 4 is 29.2 Å². The summed E-state index contributed by atoms with van der Waals surface area (Å²) in [6.45, 7) is 0.349. The third-order valence-corrected chi connectivity index (χ3v) is 5.72. The molecule has 4 atom stereocenters. The molecule has 0 amide bonds. The summed E-state index contributed by atoms with van der Waals surface area (Å²) < 4.78 is 23.0. The summed E-state index contributed by atoms with van der Waals surface area (Å²) in [7, 11) is 0. The van der Waals surface area contributed by atoms with Crippen molar-refractivity contribution in [3.05, 3.63) is 11.1 Å². The lowest BCUT2D eigenvalue weighted by Crippen LogP contribution is -2.34. The minimum absolute atomic E-state index is 0.161. The van der Waals surface area contributed by atoms with Gasteiger partial charge in [-0.25, -0.2) is 0 Å². The number of H-pyrrole nitrogens is 1. The molecular formula is C21H26ClN3O7. The van der Waals surface area contributed by atoms with Gasteiger partial charge in [-0.1, -0.05) is 18.0 Å². The Morgan fingerprint density at radius 2 is 1.81 bits per heavy atom. The van der Waals surface area contributed by atoms with E-state index >= 15 is 0 Å². The van der Waals surface area contributed by atoms with Crippen LogP contribution in [0.5, 0.6) is 11.9 Å². The highest BCUT2D eigenvalue weighted by atomic mass is 35.5. The first-order valence-electron chi connectivity index (χ1n) is 10.3. The molecule has 0 unspecified atom stereocenters. The maximum atomic E-state index is 9.83. The van der Waals surface area contributed by atoms with Gasteiger partial charge in [-0.15, -0.1) is 12.8 Å². The second kappa shape index (κ2) is 11.3. The van der Waals surface area contributed by atoms with Crippen molar-refractivity contribution in [2.24, 2.45) is 0 Å². The highest BCUT2D eigenvalue weighted by Crippen LogP contribution is 2.32. The first kappa shape index (κ1) is 24.1. The number of aromatic amines is 1. The zero-order valence-electron chi connectivity index (χ0n) is 17.4. The summed E-state index contributed by atoms with van der Waals surface area (Å²) in [5, 5.41) is 17.2. The molecule has 1 aliphatic carbocycles. The van der Waals surface area contributed by atoms with E-state index in [1.165, 1.54) is 19.3 Å². The van der Waals surface area contributed by atoms with Gasteiger partial charge in [-0.2, -0.15) is 9.97 Å². The van der Waals surface area contributed by atoms with Crippen molar-refractivity contribution in [2.45, 2.75) is 62.6 Å². The fourth-order valence-corrected chi connectivity index (χ4v) is 4.24. The van der Waals surface area contributed by atoms with Crippen LogP contribution < -0.4 is 9.47 Å². The summed E-state index contributed by atoms with van der Waals surface area (Å²) in [4.78, 5) is 20.3. The van der Waals surface area contributed by atoms with Gasteiger partial charge in [0.25, 0.3) is 12.5 Å². The Morgan fingerprint density at radius 3 is 2.53 bits per heavy atom. The third-order valence-electron chi connectivity index (χ3n) is 5.45. The Morgan fingerprint density at radius 1 is 1.12 bits per heavy atom. The van der Waals surface area contributed by atoms with Crippen molar-refractivity contribution in [3.8, 4) is 24.7 Å². The summed E-state index contributed by atoms with van der Waals surface area (Å²) in [6, 6.07) is 2.08. The summed E-state index contributed by atoms with van der Waals surface area (Å²) in [5.41, 5.74) is 1.16. The van der Waals surface area contributed by atoms with E-state index in [2.05, 4.69) is 27.8 Å². The van der Waals surface area contributed by atoms with E-state index < -0.39 is 6.10 Å². The van der Waals surface area contributed by atoms with Crippen LogP contribution in [0.25, 0.3) is 11.2 Å². The number of aliphatic hydroxyl groups is 1. The van der Waals surface area contributed by atoms with Crippen LogP contribution in [0.3, 0.4) is 0 Å². The number of hydrogen-bond donors (Lipinski definition) is 3. The first-order valence-corrected chi connectivity index (χ1v) is 10.7. The molecule has 0 aromatic carbocycles. The first-order chi connectivity index (χ1) is 15.6. The molecular weight excluding hydrogens is 442 g/mol. The molecule has 2 saturated heterocycles. The van der Waals surface area contributed by atoms with E-state index in [9.17, 15) is 5.11 Å². The van der Waals surface area contributed by atoms with Crippen molar-refractivity contribution in [1.29, 1.82) is 0 Å². The lowest BCUT2D eigenvalue weighted by atomic mass is 9.98. The third kappa shape index (κ3) is 5.42. The largest absolute Gasteiger partial charge is 0.483 e. The Labute approximate surface area is 190 Å². The van der Waals surface area contributed by atoms with Gasteiger partial charge in [0.1, 0.15) is 29.4 Å². The number of carbonyl (C=O) groups is 1. The van der Waals surface area contributed by atoms with E-state index in [4.69, 9.17) is 40.4 Å². The van der Waals surface area contributed by atoms with E-state index in [0.717, 1.165) is 12.8 Å². The summed E-state index contributed by atoms with van der Waals surface area (Å²) in [5.74, 6) is 0.417. The van der Waals surface area contributed by atoms with Crippen LogP contribution in [-0.2, 0) is 14.3 Å². The van der Waals surface area contributed by atoms with Crippen LogP contribution in [0, 0.1) is 12.8 Å². The van der Waals surface area contributed by atoms with Gasteiger partial charge in [-0.3, -0.25) is 4.79 Å². The average Bonchev–Trinajstić information content (AvgIpc) is 3.48. The molecule has 0 bridgehead atoms. The second-order valence-corrected chi connectivity index (χ2v) is 7.90. The highest BCUT2D eigenvalue weighted by Gasteiger charge is 2.48. The lowest BCUT2D eigenvalue weighted by Gasteiger charge is -2.22.